The van der Waals surface area contributed by atoms with Crippen molar-refractivity contribution in [1.29, 1.82) is 0 Å². The van der Waals surface area contributed by atoms with Gasteiger partial charge >= 0.3 is 12.2 Å². The van der Waals surface area contributed by atoms with Crippen molar-refractivity contribution in [1.82, 2.24) is 25.1 Å². The van der Waals surface area contributed by atoms with E-state index in [1.165, 1.54) is 12.1 Å². The summed E-state index contributed by atoms with van der Waals surface area (Å²) in [6, 6.07) is 5.78. The number of aromatic nitrogens is 2. The number of aryl methyl sites for hydroxylation is 1. The largest absolute Gasteiger partial charge is 0.487 e. The van der Waals surface area contributed by atoms with Gasteiger partial charge in [0.25, 0.3) is 12.3 Å². The Bertz CT molecular complexity index is 1620. The molecule has 1 atom stereocenters. The number of amides is 3. The number of ether oxygens (including phenoxy) is 1. The van der Waals surface area contributed by atoms with E-state index in [4.69, 9.17) is 27.9 Å². The number of urea groups is 1. The van der Waals surface area contributed by atoms with Crippen LogP contribution in [0.2, 0.25) is 10.0 Å². The minimum Gasteiger partial charge on any atom is -0.487 e. The molecule has 3 amide bonds. The highest BCUT2D eigenvalue weighted by Crippen LogP contribution is 2.38. The molecule has 256 valence electrons. The molecule has 2 N–H and O–H groups in total. The number of benzene rings is 2. The quantitative estimate of drug-likeness (QED) is 0.224. The van der Waals surface area contributed by atoms with Gasteiger partial charge in [-0.05, 0) is 68.7 Å². The number of alkyl halides is 5. The van der Waals surface area contributed by atoms with Crippen molar-refractivity contribution >= 4 is 46.2 Å². The molecule has 2 heterocycles. The number of fused-ring (bicyclic) bond motifs is 1. The zero-order chi connectivity index (χ0) is 34.0. The number of imidazole rings is 1. The molecule has 47 heavy (non-hydrogen) atoms. The van der Waals surface area contributed by atoms with Crippen molar-refractivity contribution in [3.63, 3.8) is 0 Å². The molecule has 2 aliphatic rings. The molecular formula is C32H36Cl2F5N5O3. The molecule has 3 aromatic rings. The lowest BCUT2D eigenvalue weighted by molar-refractivity contribution is -0.182. The molecule has 1 aliphatic heterocycles. The van der Waals surface area contributed by atoms with Crippen molar-refractivity contribution in [2.45, 2.75) is 83.1 Å². The normalized spacial score (nSPS) is 20.2. The molecule has 0 spiro atoms. The zero-order valence-corrected chi connectivity index (χ0v) is 27.4. The van der Waals surface area contributed by atoms with Crippen molar-refractivity contribution in [2.75, 3.05) is 13.2 Å². The van der Waals surface area contributed by atoms with Crippen LogP contribution in [-0.4, -0.2) is 64.2 Å². The number of hydrogen-bond donors (Lipinski definition) is 2. The number of halogens is 7. The third-order valence-corrected chi connectivity index (χ3v) is 9.88. The number of carbonyl (C=O) groups is 2. The topological polar surface area (TPSA) is 88.5 Å². The standard InChI is InChI=1S/C32H36Cl2F5N5O3/c1-17-4-3-11-44(17)31(46)40-15-18-5-10-23(33)21(29(18)34)13-28-42-24-12-22(26(47-16-27(35)36)14-25(24)43(28)2)30(45)41-20-8-6-19(7-9-20)32(37,38)39/h5,10,12,14,17,19-20,27H,3-4,6-9,11,13,15-16H2,1-2H3,(H,40,46)(H,41,45). The van der Waals surface area contributed by atoms with Gasteiger partial charge in [-0.3, -0.25) is 4.79 Å². The Morgan fingerprint density at radius 1 is 1.11 bits per heavy atom. The van der Waals surface area contributed by atoms with E-state index in [0.717, 1.165) is 12.8 Å². The van der Waals surface area contributed by atoms with E-state index in [1.54, 1.807) is 28.6 Å². The van der Waals surface area contributed by atoms with E-state index in [-0.39, 0.29) is 62.0 Å². The summed E-state index contributed by atoms with van der Waals surface area (Å²) in [6.07, 6.45) is -4.95. The Kier molecular flexibility index (Phi) is 10.7. The number of likely N-dealkylation sites (tertiary alicyclic amines) is 1. The van der Waals surface area contributed by atoms with Gasteiger partial charge in [-0.25, -0.2) is 18.6 Å². The van der Waals surface area contributed by atoms with E-state index >= 15 is 0 Å². The summed E-state index contributed by atoms with van der Waals surface area (Å²) in [5, 5.41) is 6.41. The van der Waals surface area contributed by atoms with Crippen LogP contribution in [-0.2, 0) is 20.0 Å². The summed E-state index contributed by atoms with van der Waals surface area (Å²) in [6.45, 7) is 1.93. The minimum atomic E-state index is -4.29. The molecule has 1 unspecified atom stereocenters. The van der Waals surface area contributed by atoms with Gasteiger partial charge in [0.05, 0.1) is 27.5 Å². The average molecular weight is 705 g/mol. The van der Waals surface area contributed by atoms with Gasteiger partial charge in [-0.2, -0.15) is 13.2 Å². The first kappa shape index (κ1) is 35.0. The van der Waals surface area contributed by atoms with Crippen LogP contribution in [0.25, 0.3) is 11.0 Å². The number of nitrogens with zero attached hydrogens (tertiary/aromatic N) is 3. The molecule has 2 aromatic carbocycles. The van der Waals surface area contributed by atoms with Crippen LogP contribution in [0.3, 0.4) is 0 Å². The molecule has 0 bridgehead atoms. The van der Waals surface area contributed by atoms with Crippen LogP contribution >= 0.6 is 23.2 Å². The first-order chi connectivity index (χ1) is 22.2. The van der Waals surface area contributed by atoms with E-state index in [9.17, 15) is 31.5 Å². The van der Waals surface area contributed by atoms with E-state index in [2.05, 4.69) is 15.6 Å². The second kappa shape index (κ2) is 14.4. The maximum atomic E-state index is 13.3. The highest BCUT2D eigenvalue weighted by Gasteiger charge is 2.41. The molecule has 5 rings (SSSR count). The van der Waals surface area contributed by atoms with E-state index < -0.39 is 37.1 Å². The van der Waals surface area contributed by atoms with Gasteiger partial charge in [-0.1, -0.05) is 29.3 Å². The average Bonchev–Trinajstić information content (AvgIpc) is 3.58. The first-order valence-corrected chi connectivity index (χ1v) is 16.3. The predicted molar refractivity (Wildman–Crippen MR) is 168 cm³/mol. The second-order valence-electron chi connectivity index (χ2n) is 12.2. The number of rotatable bonds is 9. The van der Waals surface area contributed by atoms with Crippen LogP contribution in [0.4, 0.5) is 26.7 Å². The van der Waals surface area contributed by atoms with Crippen molar-refractivity contribution in [3.05, 3.63) is 56.8 Å². The molecule has 0 radical (unpaired) electrons. The van der Waals surface area contributed by atoms with E-state index in [0.29, 0.717) is 44.6 Å². The Balaban J connectivity index is 1.37. The van der Waals surface area contributed by atoms with Crippen LogP contribution < -0.4 is 15.4 Å². The zero-order valence-electron chi connectivity index (χ0n) is 25.9. The number of hydrogen-bond acceptors (Lipinski definition) is 4. The van der Waals surface area contributed by atoms with Gasteiger partial charge in [0, 0.05) is 49.7 Å². The SMILES string of the molecule is CC1CCCN1C(=O)NCc1ccc(Cl)c(Cc2nc3cc(C(=O)NC4CCC(C(F)(F)F)CC4)c(OCC(F)F)cc3n2C)c1Cl. The van der Waals surface area contributed by atoms with E-state index in [1.807, 2.05) is 6.92 Å². The Morgan fingerprint density at radius 3 is 2.47 bits per heavy atom. The summed E-state index contributed by atoms with van der Waals surface area (Å²) in [4.78, 5) is 32.5. The van der Waals surface area contributed by atoms with Gasteiger partial charge in [0.1, 0.15) is 18.2 Å². The third-order valence-electron chi connectivity index (χ3n) is 9.05. The summed E-state index contributed by atoms with van der Waals surface area (Å²) < 4.78 is 72.6. The molecule has 1 saturated heterocycles. The molecule has 1 aliphatic carbocycles. The molecular weight excluding hydrogens is 668 g/mol. The summed E-state index contributed by atoms with van der Waals surface area (Å²) in [5.41, 5.74) is 2.03. The molecule has 2 fully saturated rings. The highest BCUT2D eigenvalue weighted by molar-refractivity contribution is 6.36. The van der Waals surface area contributed by atoms with Crippen molar-refractivity contribution in [2.24, 2.45) is 13.0 Å². The summed E-state index contributed by atoms with van der Waals surface area (Å²) in [5.74, 6) is -1.67. The van der Waals surface area contributed by atoms with Gasteiger partial charge < -0.3 is 24.8 Å². The molecule has 15 heteroatoms. The Hall–Kier alpha value is -3.32. The van der Waals surface area contributed by atoms with Crippen LogP contribution in [0, 0.1) is 5.92 Å². The lowest BCUT2D eigenvalue weighted by atomic mass is 9.85. The summed E-state index contributed by atoms with van der Waals surface area (Å²) in [7, 11) is 1.71. The fourth-order valence-electron chi connectivity index (χ4n) is 6.32. The van der Waals surface area contributed by atoms with Gasteiger partial charge in [0.15, 0.2) is 0 Å². The second-order valence-corrected chi connectivity index (χ2v) is 13.0. The van der Waals surface area contributed by atoms with Gasteiger partial charge in [-0.15, -0.1) is 0 Å². The lowest BCUT2D eigenvalue weighted by Gasteiger charge is -2.30. The minimum absolute atomic E-state index is 0.0538. The monoisotopic (exact) mass is 703 g/mol. The lowest BCUT2D eigenvalue weighted by Crippen LogP contribution is -2.41. The number of carbonyl (C=O) groups excluding carboxylic acids is 2. The molecule has 1 aromatic heterocycles. The fraction of sp³-hybridized carbons (Fsp3) is 0.531. The maximum absolute atomic E-state index is 13.3. The Labute approximate surface area is 278 Å². The Morgan fingerprint density at radius 2 is 1.83 bits per heavy atom. The molecule has 1 saturated carbocycles. The maximum Gasteiger partial charge on any atom is 0.391 e. The van der Waals surface area contributed by atoms with Crippen molar-refractivity contribution < 1.29 is 36.3 Å². The third kappa shape index (κ3) is 8.05. The summed E-state index contributed by atoms with van der Waals surface area (Å²) >= 11 is 13.3. The number of nitrogens with one attached hydrogen (secondary N) is 2. The highest BCUT2D eigenvalue weighted by atomic mass is 35.5. The fourth-order valence-corrected chi connectivity index (χ4v) is 6.89. The smallest absolute Gasteiger partial charge is 0.391 e. The van der Waals surface area contributed by atoms with Crippen molar-refractivity contribution in [3.8, 4) is 5.75 Å². The molecule has 8 nitrogen and oxygen atoms in total. The van der Waals surface area contributed by atoms with Crippen LogP contribution in [0.15, 0.2) is 24.3 Å². The first-order valence-electron chi connectivity index (χ1n) is 15.5. The van der Waals surface area contributed by atoms with Crippen LogP contribution in [0.1, 0.15) is 72.8 Å². The van der Waals surface area contributed by atoms with Crippen LogP contribution in [0.5, 0.6) is 5.75 Å². The predicted octanol–water partition coefficient (Wildman–Crippen LogP) is 7.66. The van der Waals surface area contributed by atoms with Gasteiger partial charge in [0.2, 0.25) is 0 Å².